The van der Waals surface area contributed by atoms with Crippen molar-refractivity contribution in [1.29, 1.82) is 0 Å². The van der Waals surface area contributed by atoms with Crippen molar-refractivity contribution in [2.75, 3.05) is 13.1 Å². The first-order valence-electron chi connectivity index (χ1n) is 5.08. The Balaban J connectivity index is 2.13. The smallest absolute Gasteiger partial charge is 0.141 e. The summed E-state index contributed by atoms with van der Waals surface area (Å²) in [6, 6.07) is 1.59. The van der Waals surface area contributed by atoms with E-state index < -0.39 is 0 Å². The Hall–Kier alpha value is -0.960. The van der Waals surface area contributed by atoms with Gasteiger partial charge in [0, 0.05) is 6.20 Å². The predicted molar refractivity (Wildman–Crippen MR) is 53.6 cm³/mol. The van der Waals surface area contributed by atoms with Crippen LogP contribution in [0.5, 0.6) is 0 Å². The Morgan fingerprint density at radius 1 is 1.57 bits per heavy atom. The van der Waals surface area contributed by atoms with E-state index in [0.717, 1.165) is 18.7 Å². The summed E-state index contributed by atoms with van der Waals surface area (Å²) >= 11 is 0. The van der Waals surface area contributed by atoms with Crippen LogP contribution >= 0.6 is 0 Å². The van der Waals surface area contributed by atoms with Crippen LogP contribution in [0.4, 0.5) is 4.39 Å². The first-order chi connectivity index (χ1) is 6.77. The fraction of sp³-hybridized carbons (Fsp3) is 0.545. The molecule has 2 nitrogen and oxygen atoms in total. The first-order valence-corrected chi connectivity index (χ1v) is 5.08. The zero-order chi connectivity index (χ0) is 9.97. The Kier molecular flexibility index (Phi) is 2.77. The van der Waals surface area contributed by atoms with E-state index in [0.29, 0.717) is 11.8 Å². The fourth-order valence-electron chi connectivity index (χ4n) is 2.05. The maximum Gasteiger partial charge on any atom is 0.141 e. The van der Waals surface area contributed by atoms with E-state index >= 15 is 0 Å². The Morgan fingerprint density at radius 3 is 3.07 bits per heavy atom. The van der Waals surface area contributed by atoms with E-state index in [1.165, 1.54) is 12.6 Å². The standard InChI is InChI=1S/C11H15FN2/c1-8(9-2-3-13-5-9)10-4-11(12)7-14-6-10/h4,6-9,13H,2-3,5H2,1H3. The Labute approximate surface area is 83.6 Å². The number of nitrogens with zero attached hydrogens (tertiary/aromatic N) is 1. The zero-order valence-corrected chi connectivity index (χ0v) is 8.33. The number of hydrogen-bond donors (Lipinski definition) is 1. The third kappa shape index (κ3) is 1.93. The lowest BCUT2D eigenvalue weighted by Crippen LogP contribution is -2.14. The van der Waals surface area contributed by atoms with Crippen LogP contribution < -0.4 is 5.32 Å². The molecule has 1 aromatic rings. The van der Waals surface area contributed by atoms with E-state index in [2.05, 4.69) is 17.2 Å². The molecule has 76 valence electrons. The Morgan fingerprint density at radius 2 is 2.43 bits per heavy atom. The van der Waals surface area contributed by atoms with Crippen molar-refractivity contribution >= 4 is 0 Å². The Bertz CT molecular complexity index is 308. The first kappa shape index (κ1) is 9.59. The summed E-state index contributed by atoms with van der Waals surface area (Å²) in [5.41, 5.74) is 1.01. The maximum absolute atomic E-state index is 12.9. The lowest BCUT2D eigenvalue weighted by molar-refractivity contribution is 0.483. The highest BCUT2D eigenvalue weighted by Crippen LogP contribution is 2.28. The van der Waals surface area contributed by atoms with E-state index in [4.69, 9.17) is 0 Å². The van der Waals surface area contributed by atoms with Gasteiger partial charge in [0.05, 0.1) is 6.20 Å². The van der Waals surface area contributed by atoms with Crippen molar-refractivity contribution in [3.05, 3.63) is 29.8 Å². The molecule has 14 heavy (non-hydrogen) atoms. The van der Waals surface area contributed by atoms with Gasteiger partial charge in [-0.05, 0) is 43.0 Å². The van der Waals surface area contributed by atoms with Crippen LogP contribution in [0.15, 0.2) is 18.5 Å². The van der Waals surface area contributed by atoms with Crippen molar-refractivity contribution in [2.45, 2.75) is 19.3 Å². The summed E-state index contributed by atoms with van der Waals surface area (Å²) in [4.78, 5) is 3.88. The van der Waals surface area contributed by atoms with Crippen molar-refractivity contribution in [3.63, 3.8) is 0 Å². The van der Waals surface area contributed by atoms with E-state index in [1.807, 2.05) is 0 Å². The quantitative estimate of drug-likeness (QED) is 0.778. The number of halogens is 1. The van der Waals surface area contributed by atoms with Gasteiger partial charge in [-0.15, -0.1) is 0 Å². The zero-order valence-electron chi connectivity index (χ0n) is 8.33. The molecule has 0 bridgehead atoms. The second-order valence-corrected chi connectivity index (χ2v) is 3.98. The average molecular weight is 194 g/mol. The molecule has 2 heterocycles. The maximum atomic E-state index is 12.9. The molecule has 1 saturated heterocycles. The number of pyridine rings is 1. The van der Waals surface area contributed by atoms with Gasteiger partial charge in [0.2, 0.25) is 0 Å². The van der Waals surface area contributed by atoms with Gasteiger partial charge in [0.1, 0.15) is 5.82 Å². The van der Waals surface area contributed by atoms with Gasteiger partial charge in [-0.1, -0.05) is 6.92 Å². The molecule has 1 aliphatic heterocycles. The minimum absolute atomic E-state index is 0.236. The SMILES string of the molecule is CC(c1cncc(F)c1)C1CCNC1. The third-order valence-corrected chi connectivity index (χ3v) is 3.06. The van der Waals surface area contributed by atoms with Crippen LogP contribution in [0.3, 0.4) is 0 Å². The number of nitrogens with one attached hydrogen (secondary N) is 1. The third-order valence-electron chi connectivity index (χ3n) is 3.06. The molecule has 0 saturated carbocycles. The molecule has 0 aromatic carbocycles. The van der Waals surface area contributed by atoms with Crippen LogP contribution in [0.1, 0.15) is 24.8 Å². The van der Waals surface area contributed by atoms with Crippen molar-refractivity contribution < 1.29 is 4.39 Å². The molecule has 0 aliphatic carbocycles. The number of hydrogen-bond acceptors (Lipinski definition) is 2. The summed E-state index contributed by atoms with van der Waals surface area (Å²) in [6.45, 7) is 4.27. The second kappa shape index (κ2) is 4.05. The fourth-order valence-corrected chi connectivity index (χ4v) is 2.05. The normalized spacial score (nSPS) is 23.7. The molecule has 1 N–H and O–H groups in total. The highest BCUT2D eigenvalue weighted by Gasteiger charge is 2.22. The highest BCUT2D eigenvalue weighted by atomic mass is 19.1. The van der Waals surface area contributed by atoms with Gasteiger partial charge in [0.25, 0.3) is 0 Å². The predicted octanol–water partition coefficient (Wildman–Crippen LogP) is 1.93. The van der Waals surface area contributed by atoms with Crippen LogP contribution in [0.2, 0.25) is 0 Å². The van der Waals surface area contributed by atoms with Gasteiger partial charge >= 0.3 is 0 Å². The molecule has 0 radical (unpaired) electrons. The lowest BCUT2D eigenvalue weighted by atomic mass is 9.88. The van der Waals surface area contributed by atoms with Crippen LogP contribution in [-0.2, 0) is 0 Å². The summed E-state index contributed by atoms with van der Waals surface area (Å²) in [5.74, 6) is 0.784. The molecule has 2 unspecified atom stereocenters. The van der Waals surface area contributed by atoms with E-state index in [1.54, 1.807) is 12.3 Å². The van der Waals surface area contributed by atoms with Gasteiger partial charge < -0.3 is 5.32 Å². The van der Waals surface area contributed by atoms with Crippen molar-refractivity contribution in [1.82, 2.24) is 10.3 Å². The van der Waals surface area contributed by atoms with Crippen LogP contribution in [0.25, 0.3) is 0 Å². The monoisotopic (exact) mass is 194 g/mol. The van der Waals surface area contributed by atoms with Gasteiger partial charge in [-0.25, -0.2) is 4.39 Å². The van der Waals surface area contributed by atoms with E-state index in [9.17, 15) is 4.39 Å². The summed E-state index contributed by atoms with van der Waals surface area (Å²) < 4.78 is 12.9. The van der Waals surface area contributed by atoms with Gasteiger partial charge in [0.15, 0.2) is 0 Å². The molecule has 0 amide bonds. The van der Waals surface area contributed by atoms with E-state index in [-0.39, 0.29) is 5.82 Å². The molecule has 1 aromatic heterocycles. The molecule has 1 fully saturated rings. The summed E-state index contributed by atoms with van der Waals surface area (Å²) in [5, 5.41) is 3.32. The molecule has 2 rings (SSSR count). The molecular weight excluding hydrogens is 179 g/mol. The van der Waals surface area contributed by atoms with Gasteiger partial charge in [-0.2, -0.15) is 0 Å². The van der Waals surface area contributed by atoms with Crippen LogP contribution in [-0.4, -0.2) is 18.1 Å². The molecular formula is C11H15FN2. The number of rotatable bonds is 2. The molecule has 3 heteroatoms. The highest BCUT2D eigenvalue weighted by molar-refractivity contribution is 5.16. The summed E-state index contributed by atoms with van der Waals surface area (Å²) in [7, 11) is 0. The lowest BCUT2D eigenvalue weighted by Gasteiger charge is -2.17. The number of aromatic nitrogens is 1. The topological polar surface area (TPSA) is 24.9 Å². The molecule has 2 atom stereocenters. The minimum Gasteiger partial charge on any atom is -0.316 e. The molecule has 0 spiro atoms. The average Bonchev–Trinajstić information content (AvgIpc) is 2.69. The van der Waals surface area contributed by atoms with Crippen molar-refractivity contribution in [3.8, 4) is 0 Å². The second-order valence-electron chi connectivity index (χ2n) is 3.98. The van der Waals surface area contributed by atoms with Crippen LogP contribution in [0, 0.1) is 11.7 Å². The largest absolute Gasteiger partial charge is 0.316 e. The molecule has 1 aliphatic rings. The van der Waals surface area contributed by atoms with Gasteiger partial charge in [-0.3, -0.25) is 4.98 Å². The summed E-state index contributed by atoms with van der Waals surface area (Å²) in [6.07, 6.45) is 4.20. The van der Waals surface area contributed by atoms with Crippen molar-refractivity contribution in [2.24, 2.45) is 5.92 Å². The minimum atomic E-state index is -0.236.